The summed E-state index contributed by atoms with van der Waals surface area (Å²) >= 11 is 0. The summed E-state index contributed by atoms with van der Waals surface area (Å²) in [5.74, 6) is 0. The molecule has 0 bridgehead atoms. The van der Waals surface area contributed by atoms with Crippen molar-refractivity contribution in [2.45, 2.75) is 25.7 Å². The molecule has 2 rings (SSSR count). The van der Waals surface area contributed by atoms with Crippen LogP contribution < -0.4 is 5.73 Å². The highest BCUT2D eigenvalue weighted by atomic mass is 19.4. The topological polar surface area (TPSA) is 64.1 Å². The number of hydrogen-bond donors (Lipinski definition) is 2. The number of nitrogens with zero attached hydrogens (tertiary/aromatic N) is 2. The number of hydrogen-bond acceptors (Lipinski definition) is 3. The van der Waals surface area contributed by atoms with Crippen LogP contribution in [0.5, 0.6) is 0 Å². The Kier molecular flexibility index (Phi) is 3.71. The summed E-state index contributed by atoms with van der Waals surface area (Å²) in [7, 11) is 0. The van der Waals surface area contributed by atoms with E-state index in [1.54, 1.807) is 10.9 Å². The van der Waals surface area contributed by atoms with E-state index in [4.69, 9.17) is 5.73 Å². The second-order valence-electron chi connectivity index (χ2n) is 4.37. The van der Waals surface area contributed by atoms with Crippen LogP contribution in [-0.4, -0.2) is 14.9 Å². The van der Waals surface area contributed by atoms with E-state index in [1.165, 1.54) is 6.20 Å². The van der Waals surface area contributed by atoms with Crippen LogP contribution in [0.15, 0.2) is 30.6 Å². The number of benzene rings is 1. The van der Waals surface area contributed by atoms with Crippen molar-refractivity contribution < 1.29 is 18.3 Å². The zero-order valence-electron chi connectivity index (χ0n) is 10.7. The molecule has 0 amide bonds. The van der Waals surface area contributed by atoms with E-state index in [-0.39, 0.29) is 11.3 Å². The Morgan fingerprint density at radius 2 is 2.10 bits per heavy atom. The number of nitrogens with two attached hydrogens (primary N) is 1. The zero-order chi connectivity index (χ0) is 14.9. The molecular weight excluding hydrogens is 271 g/mol. The molecule has 4 nitrogen and oxygen atoms in total. The summed E-state index contributed by atoms with van der Waals surface area (Å²) in [4.78, 5) is 0. The van der Waals surface area contributed by atoms with Crippen molar-refractivity contribution in [1.29, 1.82) is 0 Å². The van der Waals surface area contributed by atoms with Gasteiger partial charge in [-0.2, -0.15) is 18.3 Å². The minimum atomic E-state index is -4.48. The fourth-order valence-electron chi connectivity index (χ4n) is 1.86. The van der Waals surface area contributed by atoms with Gasteiger partial charge in [-0.3, -0.25) is 4.68 Å². The molecule has 7 heteroatoms. The van der Waals surface area contributed by atoms with Gasteiger partial charge in [-0.1, -0.05) is 0 Å². The average Bonchev–Trinajstić information content (AvgIpc) is 2.86. The molecule has 1 heterocycles. The molecule has 108 valence electrons. The van der Waals surface area contributed by atoms with E-state index in [0.29, 0.717) is 12.1 Å². The van der Waals surface area contributed by atoms with Crippen molar-refractivity contribution in [3.8, 4) is 0 Å². The fourth-order valence-corrected chi connectivity index (χ4v) is 1.86. The Morgan fingerprint density at radius 3 is 2.65 bits per heavy atom. The van der Waals surface area contributed by atoms with E-state index in [9.17, 15) is 18.3 Å². The van der Waals surface area contributed by atoms with Gasteiger partial charge in [0, 0.05) is 29.6 Å². The summed E-state index contributed by atoms with van der Waals surface area (Å²) in [5.41, 5.74) is 5.34. The largest absolute Gasteiger partial charge is 0.416 e. The van der Waals surface area contributed by atoms with Crippen LogP contribution in [0.4, 0.5) is 18.9 Å². The van der Waals surface area contributed by atoms with Gasteiger partial charge >= 0.3 is 6.18 Å². The number of halogens is 3. The SMILES string of the molecule is CCn1cc(C(O)c2cc(C(F)(F)F)ccc2N)cn1. The van der Waals surface area contributed by atoms with Crippen molar-refractivity contribution in [3.05, 3.63) is 47.3 Å². The van der Waals surface area contributed by atoms with Gasteiger partial charge in [-0.15, -0.1) is 0 Å². The first-order valence-corrected chi connectivity index (χ1v) is 6.00. The zero-order valence-corrected chi connectivity index (χ0v) is 10.7. The normalized spacial score (nSPS) is 13.4. The van der Waals surface area contributed by atoms with Gasteiger partial charge in [-0.05, 0) is 25.1 Å². The Bertz CT molecular complexity index is 607. The van der Waals surface area contributed by atoms with Crippen LogP contribution in [0.2, 0.25) is 0 Å². The number of aromatic nitrogens is 2. The van der Waals surface area contributed by atoms with Crippen LogP contribution >= 0.6 is 0 Å². The molecule has 0 aliphatic carbocycles. The number of alkyl halides is 3. The predicted molar refractivity (Wildman–Crippen MR) is 67.8 cm³/mol. The summed E-state index contributed by atoms with van der Waals surface area (Å²) < 4.78 is 39.6. The highest BCUT2D eigenvalue weighted by Gasteiger charge is 2.31. The standard InChI is InChI=1S/C13H14F3N3O/c1-2-19-7-8(6-18-19)12(20)10-5-9(13(14,15)16)3-4-11(10)17/h3-7,12,20H,2,17H2,1H3. The van der Waals surface area contributed by atoms with Gasteiger partial charge in [0.1, 0.15) is 6.10 Å². The minimum Gasteiger partial charge on any atom is -0.398 e. The van der Waals surface area contributed by atoms with E-state index < -0.39 is 17.8 Å². The van der Waals surface area contributed by atoms with Crippen LogP contribution in [0.3, 0.4) is 0 Å². The monoisotopic (exact) mass is 285 g/mol. The lowest BCUT2D eigenvalue weighted by Gasteiger charge is -2.15. The predicted octanol–water partition coefficient (Wildman–Crippen LogP) is 2.59. The maximum Gasteiger partial charge on any atom is 0.416 e. The third kappa shape index (κ3) is 2.77. The summed E-state index contributed by atoms with van der Waals surface area (Å²) in [5, 5.41) is 14.1. The first-order valence-electron chi connectivity index (χ1n) is 6.00. The minimum absolute atomic E-state index is 0.0236. The maximum absolute atomic E-state index is 12.7. The second kappa shape index (κ2) is 5.16. The summed E-state index contributed by atoms with van der Waals surface area (Å²) in [6.07, 6.45) is -2.73. The van der Waals surface area contributed by atoms with E-state index in [0.717, 1.165) is 18.2 Å². The van der Waals surface area contributed by atoms with Crippen LogP contribution in [0.25, 0.3) is 0 Å². The number of aliphatic hydroxyl groups excluding tert-OH is 1. The molecule has 0 spiro atoms. The molecule has 20 heavy (non-hydrogen) atoms. The van der Waals surface area contributed by atoms with E-state index in [2.05, 4.69) is 5.10 Å². The summed E-state index contributed by atoms with van der Waals surface area (Å²) in [6, 6.07) is 2.90. The van der Waals surface area contributed by atoms with Crippen LogP contribution in [-0.2, 0) is 12.7 Å². The number of aryl methyl sites for hydroxylation is 1. The number of rotatable bonds is 3. The number of nitrogen functional groups attached to an aromatic ring is 1. The van der Waals surface area contributed by atoms with Gasteiger partial charge in [0.05, 0.1) is 11.8 Å². The maximum atomic E-state index is 12.7. The van der Waals surface area contributed by atoms with Crippen molar-refractivity contribution in [3.63, 3.8) is 0 Å². The Hall–Kier alpha value is -2.02. The van der Waals surface area contributed by atoms with Gasteiger partial charge in [0.25, 0.3) is 0 Å². The average molecular weight is 285 g/mol. The molecule has 1 atom stereocenters. The quantitative estimate of drug-likeness (QED) is 0.852. The lowest BCUT2D eigenvalue weighted by molar-refractivity contribution is -0.137. The van der Waals surface area contributed by atoms with Gasteiger partial charge < -0.3 is 10.8 Å². The molecule has 1 aromatic carbocycles. The molecule has 0 fully saturated rings. The van der Waals surface area contributed by atoms with Crippen molar-refractivity contribution >= 4 is 5.69 Å². The molecule has 0 saturated carbocycles. The third-order valence-corrected chi connectivity index (χ3v) is 3.00. The molecule has 0 saturated heterocycles. The Balaban J connectivity index is 2.40. The summed E-state index contributed by atoms with van der Waals surface area (Å²) in [6.45, 7) is 2.46. The highest BCUT2D eigenvalue weighted by Crippen LogP contribution is 2.34. The van der Waals surface area contributed by atoms with Crippen LogP contribution in [0, 0.1) is 0 Å². The molecule has 1 aromatic heterocycles. The Morgan fingerprint density at radius 1 is 1.40 bits per heavy atom. The Labute approximate surface area is 113 Å². The van der Waals surface area contributed by atoms with Crippen molar-refractivity contribution in [1.82, 2.24) is 9.78 Å². The van der Waals surface area contributed by atoms with Gasteiger partial charge in [0.2, 0.25) is 0 Å². The van der Waals surface area contributed by atoms with E-state index >= 15 is 0 Å². The lowest BCUT2D eigenvalue weighted by Crippen LogP contribution is -2.09. The molecular formula is C13H14F3N3O. The molecule has 0 aliphatic heterocycles. The molecule has 1 unspecified atom stereocenters. The molecule has 2 aromatic rings. The first kappa shape index (κ1) is 14.4. The third-order valence-electron chi connectivity index (χ3n) is 3.00. The molecule has 3 N–H and O–H groups in total. The van der Waals surface area contributed by atoms with Crippen LogP contribution in [0.1, 0.15) is 29.7 Å². The molecule has 0 aliphatic rings. The molecule has 0 radical (unpaired) electrons. The van der Waals surface area contributed by atoms with Crippen molar-refractivity contribution in [2.24, 2.45) is 0 Å². The van der Waals surface area contributed by atoms with Crippen molar-refractivity contribution in [2.75, 3.05) is 5.73 Å². The number of aliphatic hydroxyl groups is 1. The fraction of sp³-hybridized carbons (Fsp3) is 0.308. The highest BCUT2D eigenvalue weighted by molar-refractivity contribution is 5.52. The van der Waals surface area contributed by atoms with E-state index in [1.807, 2.05) is 6.92 Å². The van der Waals surface area contributed by atoms with Gasteiger partial charge in [0.15, 0.2) is 0 Å². The number of anilines is 1. The smallest absolute Gasteiger partial charge is 0.398 e. The lowest BCUT2D eigenvalue weighted by atomic mass is 10.00. The second-order valence-corrected chi connectivity index (χ2v) is 4.37. The van der Waals surface area contributed by atoms with Gasteiger partial charge in [-0.25, -0.2) is 0 Å². The first-order chi connectivity index (χ1) is 9.32.